The number of ether oxygens (including phenoxy) is 1. The Labute approximate surface area is 53.0 Å². The molecule has 0 unspecified atom stereocenters. The van der Waals surface area contributed by atoms with Gasteiger partial charge in [0.1, 0.15) is 12.2 Å². The Morgan fingerprint density at radius 2 is 2.00 bits per heavy atom. The van der Waals surface area contributed by atoms with Gasteiger partial charge in [0.05, 0.1) is 6.42 Å². The second-order valence-corrected chi connectivity index (χ2v) is 2.07. The van der Waals surface area contributed by atoms with Crippen molar-refractivity contribution in [1.82, 2.24) is 0 Å². The molecule has 0 N–H and O–H groups in total. The number of cyclic esters (lactones) is 1. The normalized spacial score (nSPS) is 21.9. The van der Waals surface area contributed by atoms with Gasteiger partial charge >= 0.3 is 5.97 Å². The molecule has 0 saturated carbocycles. The summed E-state index contributed by atoms with van der Waals surface area (Å²) in [5, 5.41) is 0. The molecule has 0 spiro atoms. The van der Waals surface area contributed by atoms with E-state index in [1.54, 1.807) is 6.92 Å². The number of hydrogen-bond acceptors (Lipinski definition) is 3. The molecular formula is C6H7O3. The van der Waals surface area contributed by atoms with Crippen molar-refractivity contribution in [3.63, 3.8) is 0 Å². The highest BCUT2D eigenvalue weighted by molar-refractivity contribution is 5.98. The summed E-state index contributed by atoms with van der Waals surface area (Å²) in [4.78, 5) is 21.0. The summed E-state index contributed by atoms with van der Waals surface area (Å²) in [6.45, 7) is 1.63. The molecule has 0 aromatic heterocycles. The van der Waals surface area contributed by atoms with Gasteiger partial charge in [0.2, 0.25) is 0 Å². The van der Waals surface area contributed by atoms with Crippen LogP contribution in [0.4, 0.5) is 0 Å². The quantitative estimate of drug-likeness (QED) is 0.350. The minimum absolute atomic E-state index is 0.0521. The van der Waals surface area contributed by atoms with Crippen molar-refractivity contribution in [3.05, 3.63) is 6.10 Å². The molecule has 9 heavy (non-hydrogen) atoms. The minimum atomic E-state index is -0.427. The summed E-state index contributed by atoms with van der Waals surface area (Å²) in [6, 6.07) is 0. The molecule has 0 aromatic rings. The van der Waals surface area contributed by atoms with Crippen molar-refractivity contribution >= 4 is 11.8 Å². The van der Waals surface area contributed by atoms with Crippen LogP contribution in [0.5, 0.6) is 0 Å². The first kappa shape index (κ1) is 6.26. The van der Waals surface area contributed by atoms with Gasteiger partial charge in [-0.15, -0.1) is 0 Å². The average molecular weight is 127 g/mol. The van der Waals surface area contributed by atoms with Gasteiger partial charge in [-0.3, -0.25) is 9.59 Å². The van der Waals surface area contributed by atoms with Crippen molar-refractivity contribution in [2.24, 2.45) is 0 Å². The molecule has 0 aromatic carbocycles. The highest BCUT2D eigenvalue weighted by Crippen LogP contribution is 2.15. The fourth-order valence-electron chi connectivity index (χ4n) is 0.768. The molecule has 0 amide bonds. The molecular weight excluding hydrogens is 120 g/mol. The predicted octanol–water partition coefficient (Wildman–Crippen LogP) is 0.444. The van der Waals surface area contributed by atoms with Gasteiger partial charge < -0.3 is 4.74 Å². The summed E-state index contributed by atoms with van der Waals surface area (Å²) < 4.78 is 4.61. The van der Waals surface area contributed by atoms with Gasteiger partial charge in [0.15, 0.2) is 6.10 Å². The number of carbonyl (C=O) groups excluding carboxylic acids is 2. The lowest BCUT2D eigenvalue weighted by Gasteiger charge is -2.15. The topological polar surface area (TPSA) is 43.4 Å². The number of ketones is 1. The Morgan fingerprint density at radius 1 is 1.33 bits per heavy atom. The summed E-state index contributed by atoms with van der Waals surface area (Å²) in [5.41, 5.74) is 0. The van der Waals surface area contributed by atoms with Crippen LogP contribution in [0.25, 0.3) is 0 Å². The van der Waals surface area contributed by atoms with E-state index in [-0.39, 0.29) is 12.2 Å². The summed E-state index contributed by atoms with van der Waals surface area (Å²) in [7, 11) is 0. The van der Waals surface area contributed by atoms with Gasteiger partial charge in [-0.1, -0.05) is 0 Å². The maximum atomic E-state index is 10.6. The van der Waals surface area contributed by atoms with Crippen LogP contribution in [0.2, 0.25) is 0 Å². The maximum Gasteiger partial charge on any atom is 0.314 e. The zero-order valence-corrected chi connectivity index (χ0v) is 5.14. The average Bonchev–Trinajstić information content (AvgIpc) is 1.59. The third-order valence-corrected chi connectivity index (χ3v) is 1.08. The van der Waals surface area contributed by atoms with Crippen LogP contribution in [-0.2, 0) is 14.3 Å². The molecule has 1 heterocycles. The van der Waals surface area contributed by atoms with E-state index in [4.69, 9.17) is 0 Å². The SMILES string of the molecule is C[C]1CC(=O)CC(=O)O1. The van der Waals surface area contributed by atoms with Crippen LogP contribution >= 0.6 is 0 Å². The van der Waals surface area contributed by atoms with E-state index in [0.717, 1.165) is 0 Å². The summed E-state index contributed by atoms with van der Waals surface area (Å²) in [5.74, 6) is -0.479. The molecule has 0 aliphatic carbocycles. The molecule has 3 nitrogen and oxygen atoms in total. The molecule has 0 atom stereocenters. The Morgan fingerprint density at radius 3 is 2.44 bits per heavy atom. The lowest BCUT2D eigenvalue weighted by Crippen LogP contribution is -2.21. The predicted molar refractivity (Wildman–Crippen MR) is 29.2 cm³/mol. The lowest BCUT2D eigenvalue weighted by molar-refractivity contribution is -0.149. The minimum Gasteiger partial charge on any atom is -0.454 e. The maximum absolute atomic E-state index is 10.6. The second kappa shape index (κ2) is 2.17. The van der Waals surface area contributed by atoms with Gasteiger partial charge in [0, 0.05) is 0 Å². The lowest BCUT2D eigenvalue weighted by atomic mass is 10.1. The van der Waals surface area contributed by atoms with Crippen LogP contribution in [0.3, 0.4) is 0 Å². The number of carbonyl (C=O) groups is 2. The van der Waals surface area contributed by atoms with Crippen molar-refractivity contribution in [2.45, 2.75) is 19.8 Å². The van der Waals surface area contributed by atoms with Gasteiger partial charge in [0.25, 0.3) is 0 Å². The highest BCUT2D eigenvalue weighted by atomic mass is 16.5. The Hall–Kier alpha value is -0.860. The van der Waals surface area contributed by atoms with Crippen molar-refractivity contribution in [1.29, 1.82) is 0 Å². The molecule has 1 aliphatic rings. The van der Waals surface area contributed by atoms with Crippen LogP contribution in [0.15, 0.2) is 0 Å². The van der Waals surface area contributed by atoms with Gasteiger partial charge in [-0.2, -0.15) is 0 Å². The zero-order valence-electron chi connectivity index (χ0n) is 5.14. The zero-order chi connectivity index (χ0) is 6.85. The van der Waals surface area contributed by atoms with Crippen LogP contribution in [0, 0.1) is 6.10 Å². The second-order valence-electron chi connectivity index (χ2n) is 2.07. The number of esters is 1. The van der Waals surface area contributed by atoms with Crippen LogP contribution in [-0.4, -0.2) is 11.8 Å². The van der Waals surface area contributed by atoms with Crippen LogP contribution in [0.1, 0.15) is 19.8 Å². The van der Waals surface area contributed by atoms with E-state index in [9.17, 15) is 9.59 Å². The highest BCUT2D eigenvalue weighted by Gasteiger charge is 2.23. The van der Waals surface area contributed by atoms with Crippen molar-refractivity contribution in [3.8, 4) is 0 Å². The summed E-state index contributed by atoms with van der Waals surface area (Å²) in [6.07, 6.45) is 0.750. The van der Waals surface area contributed by atoms with E-state index in [1.165, 1.54) is 0 Å². The van der Waals surface area contributed by atoms with Crippen molar-refractivity contribution in [2.75, 3.05) is 0 Å². The number of rotatable bonds is 0. The Balaban J connectivity index is 2.53. The van der Waals surface area contributed by atoms with E-state index in [2.05, 4.69) is 4.74 Å². The third-order valence-electron chi connectivity index (χ3n) is 1.08. The molecule has 1 rings (SSSR count). The molecule has 0 bridgehead atoms. The van der Waals surface area contributed by atoms with E-state index < -0.39 is 5.97 Å². The largest absolute Gasteiger partial charge is 0.454 e. The van der Waals surface area contributed by atoms with Crippen molar-refractivity contribution < 1.29 is 14.3 Å². The van der Waals surface area contributed by atoms with E-state index in [1.807, 2.05) is 0 Å². The van der Waals surface area contributed by atoms with E-state index >= 15 is 0 Å². The first-order valence-electron chi connectivity index (χ1n) is 2.73. The smallest absolute Gasteiger partial charge is 0.314 e. The Bertz CT molecular complexity index is 134. The van der Waals surface area contributed by atoms with Gasteiger partial charge in [-0.05, 0) is 6.92 Å². The fourth-order valence-corrected chi connectivity index (χ4v) is 0.768. The molecule has 49 valence electrons. The molecule has 1 aliphatic heterocycles. The monoisotopic (exact) mass is 127 g/mol. The fraction of sp³-hybridized carbons (Fsp3) is 0.500. The first-order valence-corrected chi connectivity index (χ1v) is 2.73. The molecule has 1 fully saturated rings. The van der Waals surface area contributed by atoms with Crippen LogP contribution < -0.4 is 0 Å². The Kier molecular flexibility index (Phi) is 1.51. The standard InChI is InChI=1S/C6H7O3/c1-4-2-5(7)3-6(8)9-4/h2-3H2,1H3. The third kappa shape index (κ3) is 1.52. The number of Topliss-reactive ketones (excluding diaryl/α,β-unsaturated/α-hetero) is 1. The first-order chi connectivity index (χ1) is 4.18. The number of hydrogen-bond donors (Lipinski definition) is 0. The summed E-state index contributed by atoms with van der Waals surface area (Å²) >= 11 is 0. The molecule has 1 radical (unpaired) electrons. The van der Waals surface area contributed by atoms with Gasteiger partial charge in [-0.25, -0.2) is 0 Å². The van der Waals surface area contributed by atoms with E-state index in [0.29, 0.717) is 12.5 Å². The molecule has 1 saturated heterocycles. The molecule has 3 heteroatoms.